The molecule has 1 radical (unpaired) electrons. The van der Waals surface area contributed by atoms with Crippen molar-refractivity contribution in [3.63, 3.8) is 0 Å². The van der Waals surface area contributed by atoms with Crippen LogP contribution in [0.5, 0.6) is 0 Å². The van der Waals surface area contributed by atoms with Crippen molar-refractivity contribution < 1.29 is 0 Å². The fourth-order valence-corrected chi connectivity index (χ4v) is 4.52. The van der Waals surface area contributed by atoms with E-state index in [0.717, 1.165) is 57.6 Å². The number of halogens is 1. The van der Waals surface area contributed by atoms with Crippen LogP contribution < -0.4 is 5.73 Å². The predicted molar refractivity (Wildman–Crippen MR) is 124 cm³/mol. The first kappa shape index (κ1) is 18.3. The van der Waals surface area contributed by atoms with Crippen LogP contribution in [0.4, 0.5) is 5.82 Å². The van der Waals surface area contributed by atoms with Crippen LogP contribution in [0.1, 0.15) is 31.0 Å². The van der Waals surface area contributed by atoms with E-state index >= 15 is 0 Å². The Labute approximate surface area is 184 Å². The first-order valence-corrected chi connectivity index (χ1v) is 10.8. The van der Waals surface area contributed by atoms with Crippen LogP contribution in [-0.2, 0) is 0 Å². The highest BCUT2D eigenvalue weighted by Crippen LogP contribution is 2.41. The number of benzene rings is 2. The molecular formula is C25H19ClN5. The maximum absolute atomic E-state index is 6.74. The smallest absolute Gasteiger partial charge is 0.150 e. The quantitative estimate of drug-likeness (QED) is 0.390. The normalized spacial score (nSPS) is 14.2. The van der Waals surface area contributed by atoms with Crippen LogP contribution >= 0.6 is 11.6 Å². The molecule has 151 valence electrons. The van der Waals surface area contributed by atoms with Gasteiger partial charge in [-0.15, -0.1) is 0 Å². The van der Waals surface area contributed by atoms with Crippen LogP contribution in [0.3, 0.4) is 0 Å². The van der Waals surface area contributed by atoms with Crippen molar-refractivity contribution in [3.05, 3.63) is 77.8 Å². The molecule has 1 fully saturated rings. The first-order valence-electron chi connectivity index (χ1n) is 10.4. The van der Waals surface area contributed by atoms with Gasteiger partial charge in [0.15, 0.2) is 0 Å². The van der Waals surface area contributed by atoms with Gasteiger partial charge in [0.2, 0.25) is 0 Å². The van der Waals surface area contributed by atoms with Crippen LogP contribution in [0, 0.1) is 6.07 Å². The Morgan fingerprint density at radius 2 is 2.00 bits per heavy atom. The van der Waals surface area contributed by atoms with Gasteiger partial charge in [-0.25, -0.2) is 15.0 Å². The number of anilines is 1. The number of imidazole rings is 1. The molecule has 3 heterocycles. The monoisotopic (exact) mass is 424 g/mol. The lowest BCUT2D eigenvalue weighted by Crippen LogP contribution is -2.12. The summed E-state index contributed by atoms with van der Waals surface area (Å²) < 4.78 is 2.07. The van der Waals surface area contributed by atoms with Gasteiger partial charge in [-0.2, -0.15) is 0 Å². The van der Waals surface area contributed by atoms with Crippen LogP contribution in [0.2, 0.25) is 5.02 Å². The molecule has 6 heteroatoms. The highest BCUT2D eigenvalue weighted by molar-refractivity contribution is 6.34. The molecule has 6 rings (SSSR count). The van der Waals surface area contributed by atoms with Crippen LogP contribution in [0.15, 0.2) is 60.9 Å². The molecule has 5 aromatic rings. The summed E-state index contributed by atoms with van der Waals surface area (Å²) in [5.74, 6) is 1.93. The summed E-state index contributed by atoms with van der Waals surface area (Å²) in [4.78, 5) is 14.2. The largest absolute Gasteiger partial charge is 0.382 e. The third kappa shape index (κ3) is 2.96. The zero-order valence-corrected chi connectivity index (χ0v) is 17.5. The minimum Gasteiger partial charge on any atom is -0.382 e. The molecule has 0 amide bonds. The topological polar surface area (TPSA) is 69.1 Å². The highest BCUT2D eigenvalue weighted by Gasteiger charge is 2.27. The van der Waals surface area contributed by atoms with E-state index < -0.39 is 0 Å². The second kappa shape index (κ2) is 7.06. The molecule has 1 saturated carbocycles. The van der Waals surface area contributed by atoms with Crippen LogP contribution in [-0.4, -0.2) is 19.4 Å². The summed E-state index contributed by atoms with van der Waals surface area (Å²) >= 11 is 6.74. The molecule has 0 spiro atoms. The van der Waals surface area contributed by atoms with Gasteiger partial charge in [0.1, 0.15) is 22.9 Å². The molecule has 0 bridgehead atoms. The molecule has 0 atom stereocenters. The summed E-state index contributed by atoms with van der Waals surface area (Å²) in [5.41, 5.74) is 11.4. The van der Waals surface area contributed by atoms with E-state index in [2.05, 4.69) is 15.5 Å². The lowest BCUT2D eigenvalue weighted by molar-refractivity contribution is 0.400. The van der Waals surface area contributed by atoms with Crippen molar-refractivity contribution in [1.29, 1.82) is 0 Å². The van der Waals surface area contributed by atoms with Gasteiger partial charge in [0, 0.05) is 34.8 Å². The Balaban J connectivity index is 1.57. The molecule has 2 aromatic carbocycles. The van der Waals surface area contributed by atoms with E-state index in [0.29, 0.717) is 16.8 Å². The van der Waals surface area contributed by atoms with Crippen molar-refractivity contribution in [2.24, 2.45) is 0 Å². The molecule has 0 saturated heterocycles. The third-order valence-corrected chi connectivity index (χ3v) is 6.41. The minimum absolute atomic E-state index is 0.445. The van der Waals surface area contributed by atoms with E-state index in [-0.39, 0.29) is 0 Å². The van der Waals surface area contributed by atoms with Crippen molar-refractivity contribution >= 4 is 33.8 Å². The van der Waals surface area contributed by atoms with Gasteiger partial charge in [-0.3, -0.25) is 4.40 Å². The highest BCUT2D eigenvalue weighted by atomic mass is 35.5. The third-order valence-electron chi connectivity index (χ3n) is 6.10. The number of nitrogen functional groups attached to an aromatic ring is 1. The van der Waals surface area contributed by atoms with Gasteiger partial charge in [0.05, 0.1) is 16.2 Å². The van der Waals surface area contributed by atoms with E-state index in [1.54, 1.807) is 6.20 Å². The maximum atomic E-state index is 6.74. The molecule has 2 N–H and O–H groups in total. The summed E-state index contributed by atoms with van der Waals surface area (Å²) in [7, 11) is 0. The Morgan fingerprint density at radius 1 is 1.10 bits per heavy atom. The zero-order valence-electron chi connectivity index (χ0n) is 16.7. The van der Waals surface area contributed by atoms with Gasteiger partial charge >= 0.3 is 0 Å². The van der Waals surface area contributed by atoms with E-state index in [1.807, 2.05) is 54.7 Å². The Hall–Kier alpha value is -3.44. The van der Waals surface area contributed by atoms with Crippen molar-refractivity contribution in [3.8, 4) is 22.5 Å². The van der Waals surface area contributed by atoms with Gasteiger partial charge in [-0.05, 0) is 37.1 Å². The maximum Gasteiger partial charge on any atom is 0.150 e. The molecule has 3 aromatic heterocycles. The fourth-order valence-electron chi connectivity index (χ4n) is 4.26. The Morgan fingerprint density at radius 3 is 2.77 bits per heavy atom. The van der Waals surface area contributed by atoms with E-state index in [9.17, 15) is 0 Å². The summed E-state index contributed by atoms with van der Waals surface area (Å²) in [6, 6.07) is 19.0. The molecule has 31 heavy (non-hydrogen) atoms. The summed E-state index contributed by atoms with van der Waals surface area (Å²) in [5, 5.41) is 1.60. The average Bonchev–Trinajstić information content (AvgIpc) is 3.12. The number of hydrogen-bond donors (Lipinski definition) is 1. The number of nitrogens with two attached hydrogens (primary N) is 1. The predicted octanol–water partition coefficient (Wildman–Crippen LogP) is 5.91. The van der Waals surface area contributed by atoms with Gasteiger partial charge in [-0.1, -0.05) is 48.4 Å². The second-order valence-corrected chi connectivity index (χ2v) is 8.38. The van der Waals surface area contributed by atoms with Gasteiger partial charge in [0.25, 0.3) is 0 Å². The number of pyridine rings is 1. The van der Waals surface area contributed by atoms with Crippen LogP contribution in [0.25, 0.3) is 38.9 Å². The SMILES string of the molecule is Nc1nccn2c(C3CCC3)nc(-c3cc4nc(-c5[c]cccc5)ccc4cc3Cl)c12. The van der Waals surface area contributed by atoms with Crippen molar-refractivity contribution in [2.75, 3.05) is 5.73 Å². The summed E-state index contributed by atoms with van der Waals surface area (Å²) in [6.45, 7) is 0. The standard InChI is InChI=1S/C25H19ClN5/c26-19-13-17-9-10-20(15-5-2-1-3-6-15)29-21(17)14-18(19)22-23-24(27)28-11-12-31(23)25(30-22)16-7-4-8-16/h1-3,5,9-14,16H,4,7-8H2,(H2,27,28). The fraction of sp³-hybridized carbons (Fsp3) is 0.160. The zero-order chi connectivity index (χ0) is 20.9. The number of nitrogens with zero attached hydrogens (tertiary/aromatic N) is 4. The number of aromatic nitrogens is 4. The number of fused-ring (bicyclic) bond motifs is 2. The molecule has 5 nitrogen and oxygen atoms in total. The first-order chi connectivity index (χ1) is 15.2. The lowest BCUT2D eigenvalue weighted by Gasteiger charge is -2.23. The van der Waals surface area contributed by atoms with E-state index in [1.165, 1.54) is 6.42 Å². The number of rotatable bonds is 3. The molecular weight excluding hydrogens is 406 g/mol. The molecule has 1 aliphatic carbocycles. The van der Waals surface area contributed by atoms with Gasteiger partial charge < -0.3 is 5.73 Å². The molecule has 1 aliphatic rings. The van der Waals surface area contributed by atoms with Crippen molar-refractivity contribution in [2.45, 2.75) is 25.2 Å². The van der Waals surface area contributed by atoms with Crippen molar-refractivity contribution in [1.82, 2.24) is 19.4 Å². The Kier molecular flexibility index (Phi) is 4.18. The molecule has 0 aliphatic heterocycles. The minimum atomic E-state index is 0.445. The number of hydrogen-bond acceptors (Lipinski definition) is 4. The van der Waals surface area contributed by atoms with E-state index in [4.69, 9.17) is 27.3 Å². The summed E-state index contributed by atoms with van der Waals surface area (Å²) in [6.07, 6.45) is 7.18. The average molecular weight is 425 g/mol. The lowest BCUT2D eigenvalue weighted by atomic mass is 9.85. The Bertz CT molecular complexity index is 1440. The molecule has 0 unspecified atom stereocenters. The second-order valence-electron chi connectivity index (χ2n) is 7.98.